The van der Waals surface area contributed by atoms with E-state index in [-0.39, 0.29) is 31.2 Å². The highest BCUT2D eigenvalue weighted by Gasteiger charge is 2.32. The minimum absolute atomic E-state index is 0.0164. The molecule has 0 unspecified atom stereocenters. The largest absolute Gasteiger partial charge is 0.481 e. The van der Waals surface area contributed by atoms with Gasteiger partial charge in [-0.2, -0.15) is 0 Å². The predicted molar refractivity (Wildman–Crippen MR) is 98.7 cm³/mol. The first-order valence-electron chi connectivity index (χ1n) is 7.24. The smallest absolute Gasteiger partial charge is 0.303 e. The number of thiophene rings is 1. The molecule has 24 heavy (non-hydrogen) atoms. The molecule has 128 valence electrons. The topological polar surface area (TPSA) is 86.7 Å². The van der Waals surface area contributed by atoms with E-state index in [0.717, 1.165) is 4.88 Å². The number of aliphatic carboxylic acids is 1. The standard InChI is InChI=1S/C15H16N2O4S3/c18-12(16-6-1-4-13(19)20)5-7-17-14(21)11(24-15(17)22)9-10-3-2-8-23-10/h2-3,8-9H,1,4-7H2,(H,16,18)(H,19,20)/b11-9-. The second kappa shape index (κ2) is 8.95. The van der Waals surface area contributed by atoms with E-state index >= 15 is 0 Å². The second-order valence-corrected chi connectivity index (χ2v) is 7.60. The first-order valence-corrected chi connectivity index (χ1v) is 9.35. The van der Waals surface area contributed by atoms with Gasteiger partial charge >= 0.3 is 5.97 Å². The molecule has 1 saturated heterocycles. The van der Waals surface area contributed by atoms with Gasteiger partial charge in [0.15, 0.2) is 0 Å². The van der Waals surface area contributed by atoms with Crippen molar-refractivity contribution in [3.05, 3.63) is 27.3 Å². The van der Waals surface area contributed by atoms with Crippen LogP contribution in [0.2, 0.25) is 0 Å². The maximum Gasteiger partial charge on any atom is 0.303 e. The molecule has 1 aliphatic heterocycles. The molecule has 0 spiro atoms. The summed E-state index contributed by atoms with van der Waals surface area (Å²) in [6.45, 7) is 0.527. The second-order valence-electron chi connectivity index (χ2n) is 4.95. The molecule has 1 aliphatic rings. The fraction of sp³-hybridized carbons (Fsp3) is 0.333. The molecule has 0 aliphatic carbocycles. The van der Waals surface area contributed by atoms with Crippen molar-refractivity contribution in [3.8, 4) is 0 Å². The molecule has 0 saturated carbocycles. The van der Waals surface area contributed by atoms with Crippen molar-refractivity contribution in [2.24, 2.45) is 0 Å². The number of thioether (sulfide) groups is 1. The van der Waals surface area contributed by atoms with Gasteiger partial charge in [0.1, 0.15) is 4.32 Å². The fourth-order valence-electron chi connectivity index (χ4n) is 1.96. The van der Waals surface area contributed by atoms with Crippen molar-refractivity contribution in [1.29, 1.82) is 0 Å². The third-order valence-corrected chi connectivity index (χ3v) is 5.34. The summed E-state index contributed by atoms with van der Waals surface area (Å²) in [5.74, 6) is -1.30. The predicted octanol–water partition coefficient (Wildman–Crippen LogP) is 2.32. The molecular weight excluding hydrogens is 368 g/mol. The SMILES string of the molecule is O=C(O)CCCNC(=O)CCN1C(=O)/C(=C/c2cccs2)SC1=S. The number of nitrogens with zero attached hydrogens (tertiary/aromatic N) is 1. The molecule has 1 aromatic rings. The van der Waals surface area contributed by atoms with E-state index in [0.29, 0.717) is 22.2 Å². The van der Waals surface area contributed by atoms with Crippen LogP contribution in [-0.4, -0.2) is 45.2 Å². The molecule has 2 N–H and O–H groups in total. The highest BCUT2D eigenvalue weighted by atomic mass is 32.2. The minimum Gasteiger partial charge on any atom is -0.481 e. The van der Waals surface area contributed by atoms with Crippen molar-refractivity contribution in [2.45, 2.75) is 19.3 Å². The van der Waals surface area contributed by atoms with Crippen LogP contribution in [0.3, 0.4) is 0 Å². The number of hydrogen-bond donors (Lipinski definition) is 2. The lowest BCUT2D eigenvalue weighted by Gasteiger charge is -2.14. The van der Waals surface area contributed by atoms with Gasteiger partial charge in [-0.3, -0.25) is 19.3 Å². The third kappa shape index (κ3) is 5.43. The van der Waals surface area contributed by atoms with Crippen LogP contribution in [0.1, 0.15) is 24.1 Å². The van der Waals surface area contributed by atoms with Crippen molar-refractivity contribution in [3.63, 3.8) is 0 Å². The van der Waals surface area contributed by atoms with Crippen LogP contribution >= 0.6 is 35.3 Å². The molecule has 0 aromatic carbocycles. The number of carboxylic acids is 1. The Kier molecular flexibility index (Phi) is 6.95. The Bertz CT molecular complexity index is 670. The fourth-order valence-corrected chi connectivity index (χ4v) is 4.00. The number of carbonyl (C=O) groups is 3. The number of nitrogens with one attached hydrogen (secondary N) is 1. The average molecular weight is 385 g/mol. The quantitative estimate of drug-likeness (QED) is 0.406. The van der Waals surface area contributed by atoms with Crippen molar-refractivity contribution in [1.82, 2.24) is 10.2 Å². The lowest BCUT2D eigenvalue weighted by Crippen LogP contribution is -2.33. The van der Waals surface area contributed by atoms with Crippen LogP contribution in [0, 0.1) is 0 Å². The summed E-state index contributed by atoms with van der Waals surface area (Å²) in [5.41, 5.74) is 0. The molecular formula is C15H16N2O4S3. The Morgan fingerprint density at radius 1 is 1.38 bits per heavy atom. The Morgan fingerprint density at radius 3 is 2.83 bits per heavy atom. The highest BCUT2D eigenvalue weighted by Crippen LogP contribution is 2.33. The summed E-state index contributed by atoms with van der Waals surface area (Å²) in [4.78, 5) is 37.4. The number of hydrogen-bond acceptors (Lipinski definition) is 6. The number of rotatable bonds is 8. The molecule has 2 heterocycles. The number of amides is 2. The minimum atomic E-state index is -0.889. The van der Waals surface area contributed by atoms with Crippen LogP contribution in [0.15, 0.2) is 22.4 Å². The molecule has 1 fully saturated rings. The number of thiocarbonyl (C=S) groups is 1. The monoisotopic (exact) mass is 384 g/mol. The lowest BCUT2D eigenvalue weighted by molar-refractivity contribution is -0.137. The van der Waals surface area contributed by atoms with Crippen molar-refractivity contribution >= 4 is 63.5 Å². The third-order valence-electron chi connectivity index (χ3n) is 3.14. The molecule has 0 bridgehead atoms. The Morgan fingerprint density at radius 2 is 2.17 bits per heavy atom. The van der Waals surface area contributed by atoms with Gasteiger partial charge in [-0.05, 0) is 23.9 Å². The molecule has 1 aromatic heterocycles. The summed E-state index contributed by atoms with van der Waals surface area (Å²) >= 11 is 7.98. The van der Waals surface area contributed by atoms with E-state index in [1.807, 2.05) is 17.5 Å². The Balaban J connectivity index is 1.80. The van der Waals surface area contributed by atoms with E-state index in [1.165, 1.54) is 28.0 Å². The van der Waals surface area contributed by atoms with Crippen LogP contribution in [0.5, 0.6) is 0 Å². The molecule has 2 amide bonds. The van der Waals surface area contributed by atoms with E-state index < -0.39 is 5.97 Å². The van der Waals surface area contributed by atoms with Crippen molar-refractivity contribution < 1.29 is 19.5 Å². The van der Waals surface area contributed by atoms with E-state index in [9.17, 15) is 14.4 Å². The highest BCUT2D eigenvalue weighted by molar-refractivity contribution is 8.26. The van der Waals surface area contributed by atoms with Crippen LogP contribution in [0.4, 0.5) is 0 Å². The molecule has 0 radical (unpaired) electrons. The Labute approximate surface area is 152 Å². The van der Waals surface area contributed by atoms with Gasteiger partial charge in [0.2, 0.25) is 5.91 Å². The van der Waals surface area contributed by atoms with E-state index in [1.54, 1.807) is 6.08 Å². The Hall–Kier alpha value is -1.71. The summed E-state index contributed by atoms with van der Waals surface area (Å²) in [5, 5.41) is 13.1. The summed E-state index contributed by atoms with van der Waals surface area (Å²) in [6.07, 6.45) is 2.33. The molecule has 0 atom stereocenters. The van der Waals surface area contributed by atoms with Gasteiger partial charge in [0.25, 0.3) is 5.91 Å². The normalized spacial score (nSPS) is 16.0. The zero-order valence-electron chi connectivity index (χ0n) is 12.7. The van der Waals surface area contributed by atoms with Gasteiger partial charge in [-0.15, -0.1) is 11.3 Å². The van der Waals surface area contributed by atoms with Gasteiger partial charge in [0.05, 0.1) is 4.91 Å². The van der Waals surface area contributed by atoms with Gasteiger partial charge in [-0.25, -0.2) is 0 Å². The molecule has 6 nitrogen and oxygen atoms in total. The zero-order valence-corrected chi connectivity index (χ0v) is 15.1. The average Bonchev–Trinajstić information content (AvgIpc) is 3.12. The number of carbonyl (C=O) groups excluding carboxylic acids is 2. The van der Waals surface area contributed by atoms with Gasteiger partial charge in [0, 0.05) is 30.8 Å². The zero-order chi connectivity index (χ0) is 17.5. The lowest BCUT2D eigenvalue weighted by atomic mass is 10.3. The van der Waals surface area contributed by atoms with Crippen LogP contribution in [-0.2, 0) is 14.4 Å². The summed E-state index contributed by atoms with van der Waals surface area (Å²) < 4.78 is 0.446. The van der Waals surface area contributed by atoms with Gasteiger partial charge in [-0.1, -0.05) is 30.0 Å². The maximum atomic E-state index is 12.3. The molecule has 2 rings (SSSR count). The molecule has 9 heteroatoms. The van der Waals surface area contributed by atoms with Crippen LogP contribution < -0.4 is 5.32 Å². The maximum absolute atomic E-state index is 12.3. The summed E-state index contributed by atoms with van der Waals surface area (Å²) in [6, 6.07) is 3.83. The van der Waals surface area contributed by atoms with E-state index in [2.05, 4.69) is 5.32 Å². The summed E-state index contributed by atoms with van der Waals surface area (Å²) in [7, 11) is 0. The first-order chi connectivity index (χ1) is 11.5. The number of carboxylic acid groups (broad SMARTS) is 1. The van der Waals surface area contributed by atoms with Crippen LogP contribution in [0.25, 0.3) is 6.08 Å². The van der Waals surface area contributed by atoms with E-state index in [4.69, 9.17) is 17.3 Å². The first kappa shape index (κ1) is 18.6. The van der Waals surface area contributed by atoms with Gasteiger partial charge < -0.3 is 10.4 Å². The van der Waals surface area contributed by atoms with Crippen molar-refractivity contribution in [2.75, 3.05) is 13.1 Å².